The number of aliphatic hydroxyl groups excluding tert-OH is 3. The van der Waals surface area contributed by atoms with Crippen molar-refractivity contribution >= 4 is 5.97 Å². The first kappa shape index (κ1) is 29.7. The number of rotatable bonds is 11. The van der Waals surface area contributed by atoms with E-state index in [-0.39, 0.29) is 30.3 Å². The first-order valence-electron chi connectivity index (χ1n) is 13.8. The van der Waals surface area contributed by atoms with E-state index in [2.05, 4.69) is 0 Å². The molecule has 2 aliphatic rings. The van der Waals surface area contributed by atoms with Gasteiger partial charge < -0.3 is 44.1 Å². The first-order valence-corrected chi connectivity index (χ1v) is 13.8. The molecule has 1 aliphatic carbocycles. The molecule has 42 heavy (non-hydrogen) atoms. The van der Waals surface area contributed by atoms with Crippen molar-refractivity contribution in [3.63, 3.8) is 0 Å². The molecule has 0 aromatic heterocycles. The summed E-state index contributed by atoms with van der Waals surface area (Å²) in [6, 6.07) is 19.3. The molecule has 0 amide bonds. The third-order valence-corrected chi connectivity index (χ3v) is 8.36. The van der Waals surface area contributed by atoms with E-state index in [0.29, 0.717) is 35.5 Å². The molecule has 224 valence electrons. The van der Waals surface area contributed by atoms with Crippen molar-refractivity contribution in [3.05, 3.63) is 83.4 Å². The number of hydrogen-bond acceptors (Lipinski definition) is 10. The summed E-state index contributed by atoms with van der Waals surface area (Å²) >= 11 is 0. The SMILES string of the molecule is COC(=O)C1C(O)C2(O)c3c(OC)cc(OCCCC(O)CO)cc3OC2(c2ccc(OC)cc2)C1c1ccccc1. The van der Waals surface area contributed by atoms with Crippen LogP contribution in [0.2, 0.25) is 0 Å². The fourth-order valence-electron chi connectivity index (χ4n) is 6.47. The standard InChI is InChI=1S/C32H36O10/c1-38-22-13-11-20(12-14-22)32-27(19-8-5-4-6-9-19)26(30(36)40-3)29(35)31(32,37)28-24(39-2)16-23(17-25(28)42-32)41-15-7-10-21(34)18-33/h4-6,8-9,11-14,16-17,21,26-27,29,33-35,37H,7,10,15,18H2,1-3H3. The topological polar surface area (TPSA) is 144 Å². The summed E-state index contributed by atoms with van der Waals surface area (Å²) < 4.78 is 29.0. The van der Waals surface area contributed by atoms with Gasteiger partial charge in [0.05, 0.1) is 52.1 Å². The van der Waals surface area contributed by atoms with E-state index >= 15 is 0 Å². The molecule has 0 bridgehead atoms. The highest BCUT2D eigenvalue weighted by molar-refractivity contribution is 5.78. The Morgan fingerprint density at radius 1 is 1.00 bits per heavy atom. The Kier molecular flexibility index (Phi) is 8.34. The van der Waals surface area contributed by atoms with Gasteiger partial charge >= 0.3 is 5.97 Å². The number of esters is 1. The minimum atomic E-state index is -2.16. The molecule has 3 aromatic carbocycles. The molecule has 10 heteroatoms. The molecule has 4 N–H and O–H groups in total. The van der Waals surface area contributed by atoms with Crippen LogP contribution in [-0.4, -0.2) is 73.1 Å². The molecule has 1 heterocycles. The summed E-state index contributed by atoms with van der Waals surface area (Å²) in [6.45, 7) is -0.0867. The monoisotopic (exact) mass is 580 g/mol. The van der Waals surface area contributed by atoms with Crippen LogP contribution in [0, 0.1) is 5.92 Å². The average Bonchev–Trinajstić information content (AvgIpc) is 3.40. The van der Waals surface area contributed by atoms with Crippen LogP contribution in [-0.2, 0) is 20.7 Å². The van der Waals surface area contributed by atoms with Gasteiger partial charge in [-0.25, -0.2) is 0 Å². The fourth-order valence-corrected chi connectivity index (χ4v) is 6.47. The van der Waals surface area contributed by atoms with Crippen molar-refractivity contribution in [3.8, 4) is 23.0 Å². The second-order valence-corrected chi connectivity index (χ2v) is 10.5. The normalized spacial score (nSPS) is 26.5. The summed E-state index contributed by atoms with van der Waals surface area (Å²) in [6.07, 6.45) is -1.64. The van der Waals surface area contributed by atoms with Crippen molar-refractivity contribution in [2.24, 2.45) is 5.92 Å². The maximum Gasteiger partial charge on any atom is 0.312 e. The number of fused-ring (bicyclic) bond motifs is 3. The van der Waals surface area contributed by atoms with Gasteiger partial charge in [-0.3, -0.25) is 4.79 Å². The molecule has 0 saturated heterocycles. The van der Waals surface area contributed by atoms with Crippen molar-refractivity contribution in [2.45, 2.75) is 42.2 Å². The summed E-state index contributed by atoms with van der Waals surface area (Å²) in [4.78, 5) is 13.3. The van der Waals surface area contributed by atoms with Gasteiger partial charge in [0.2, 0.25) is 0 Å². The predicted octanol–water partition coefficient (Wildman–Crippen LogP) is 2.64. The second-order valence-electron chi connectivity index (χ2n) is 10.5. The number of carbonyl (C=O) groups is 1. The van der Waals surface area contributed by atoms with Gasteiger partial charge in [-0.1, -0.05) is 42.5 Å². The Hall–Kier alpha value is -3.83. The molecule has 10 nitrogen and oxygen atoms in total. The van der Waals surface area contributed by atoms with E-state index in [4.69, 9.17) is 28.8 Å². The van der Waals surface area contributed by atoms with E-state index in [1.807, 2.05) is 30.3 Å². The van der Waals surface area contributed by atoms with Crippen LogP contribution in [0.4, 0.5) is 0 Å². The van der Waals surface area contributed by atoms with Gasteiger partial charge in [0.15, 0.2) is 11.2 Å². The zero-order chi connectivity index (χ0) is 30.1. The Balaban J connectivity index is 1.70. The van der Waals surface area contributed by atoms with Crippen LogP contribution in [0.1, 0.15) is 35.4 Å². The largest absolute Gasteiger partial charge is 0.497 e. The Morgan fingerprint density at radius 3 is 2.33 bits per heavy atom. The number of hydrogen-bond donors (Lipinski definition) is 4. The molecule has 1 saturated carbocycles. The number of methoxy groups -OCH3 is 3. The second kappa shape index (κ2) is 11.8. The van der Waals surface area contributed by atoms with E-state index in [1.54, 1.807) is 43.5 Å². The lowest BCUT2D eigenvalue weighted by atomic mass is 9.70. The highest BCUT2D eigenvalue weighted by Crippen LogP contribution is 2.70. The lowest BCUT2D eigenvalue weighted by Gasteiger charge is -2.40. The summed E-state index contributed by atoms with van der Waals surface area (Å²) in [7, 11) is 4.22. The van der Waals surface area contributed by atoms with E-state index in [0.717, 1.165) is 0 Å². The van der Waals surface area contributed by atoms with Gasteiger partial charge in [-0.15, -0.1) is 0 Å². The number of ether oxygens (including phenoxy) is 5. The van der Waals surface area contributed by atoms with Gasteiger partial charge in [0.25, 0.3) is 0 Å². The molecule has 1 aliphatic heterocycles. The Bertz CT molecular complexity index is 1390. The van der Waals surface area contributed by atoms with Gasteiger partial charge in [-0.05, 0) is 36.1 Å². The zero-order valence-corrected chi connectivity index (χ0v) is 23.7. The molecule has 0 radical (unpaired) electrons. The minimum absolute atomic E-state index is 0.184. The van der Waals surface area contributed by atoms with Gasteiger partial charge in [-0.2, -0.15) is 0 Å². The highest BCUT2D eigenvalue weighted by Gasteiger charge is 2.78. The fraction of sp³-hybridized carbons (Fsp3) is 0.406. The van der Waals surface area contributed by atoms with E-state index in [1.165, 1.54) is 14.2 Å². The molecular weight excluding hydrogens is 544 g/mol. The van der Waals surface area contributed by atoms with Crippen molar-refractivity contribution < 1.29 is 48.9 Å². The predicted molar refractivity (Wildman–Crippen MR) is 151 cm³/mol. The molecule has 0 spiro atoms. The van der Waals surface area contributed by atoms with Crippen molar-refractivity contribution in [1.82, 2.24) is 0 Å². The average molecular weight is 581 g/mol. The Labute approximate surface area is 244 Å². The maximum atomic E-state index is 13.3. The van der Waals surface area contributed by atoms with Crippen molar-refractivity contribution in [2.75, 3.05) is 34.5 Å². The van der Waals surface area contributed by atoms with Gasteiger partial charge in [0.1, 0.15) is 29.1 Å². The molecule has 6 unspecified atom stereocenters. The third kappa shape index (κ3) is 4.55. The Morgan fingerprint density at radius 2 is 1.71 bits per heavy atom. The summed E-state index contributed by atoms with van der Waals surface area (Å²) in [5.41, 5.74) is -2.51. The van der Waals surface area contributed by atoms with E-state index in [9.17, 15) is 20.1 Å². The van der Waals surface area contributed by atoms with Crippen LogP contribution >= 0.6 is 0 Å². The van der Waals surface area contributed by atoms with Gasteiger partial charge in [0, 0.05) is 18.1 Å². The first-order chi connectivity index (χ1) is 20.3. The zero-order valence-electron chi connectivity index (χ0n) is 23.7. The number of carbonyl (C=O) groups excluding carboxylic acids is 1. The molecule has 5 rings (SSSR count). The highest BCUT2D eigenvalue weighted by atomic mass is 16.6. The number of aliphatic hydroxyl groups is 4. The molecular formula is C32H36O10. The molecule has 3 aromatic rings. The van der Waals surface area contributed by atoms with Crippen molar-refractivity contribution in [1.29, 1.82) is 0 Å². The van der Waals surface area contributed by atoms with Crippen LogP contribution in [0.15, 0.2) is 66.7 Å². The van der Waals surface area contributed by atoms with E-state index < -0.39 is 41.2 Å². The molecule has 6 atom stereocenters. The lowest BCUT2D eigenvalue weighted by Crippen LogP contribution is -2.52. The smallest absolute Gasteiger partial charge is 0.312 e. The summed E-state index contributed by atoms with van der Waals surface area (Å²) in [5, 5.41) is 43.5. The van der Waals surface area contributed by atoms with Crippen LogP contribution in [0.25, 0.3) is 0 Å². The van der Waals surface area contributed by atoms with Crippen LogP contribution in [0.5, 0.6) is 23.0 Å². The third-order valence-electron chi connectivity index (χ3n) is 8.36. The summed E-state index contributed by atoms with van der Waals surface area (Å²) in [5.74, 6) is -1.40. The lowest BCUT2D eigenvalue weighted by molar-refractivity contribution is -0.161. The van der Waals surface area contributed by atoms with Crippen LogP contribution in [0.3, 0.4) is 0 Å². The van der Waals surface area contributed by atoms with Crippen LogP contribution < -0.4 is 18.9 Å². The maximum absolute atomic E-state index is 13.3. The minimum Gasteiger partial charge on any atom is -0.497 e. The molecule has 1 fully saturated rings. The number of benzene rings is 3. The quantitative estimate of drug-likeness (QED) is 0.197.